The minimum atomic E-state index is -0.0143. The maximum Gasteiger partial charge on any atom is 0.250 e. The Kier molecular flexibility index (Phi) is 5.40. The van der Waals surface area contributed by atoms with Crippen LogP contribution in [0.25, 0.3) is 0 Å². The molecule has 3 heterocycles. The Balaban J connectivity index is 1.31. The summed E-state index contributed by atoms with van der Waals surface area (Å²) < 4.78 is 1.71. The van der Waals surface area contributed by atoms with E-state index in [0.717, 1.165) is 31.1 Å². The summed E-state index contributed by atoms with van der Waals surface area (Å²) in [6, 6.07) is 5.27. The molecule has 3 fully saturated rings. The molecule has 1 aliphatic carbocycles. The molecule has 5 heteroatoms. The molecule has 3 aliphatic rings. The lowest BCUT2D eigenvalue weighted by atomic mass is 9.78. The van der Waals surface area contributed by atoms with Crippen LogP contribution >= 0.6 is 0 Å². The molecule has 1 aromatic heterocycles. The lowest BCUT2D eigenvalue weighted by Gasteiger charge is -2.43. The van der Waals surface area contributed by atoms with Gasteiger partial charge in [-0.1, -0.05) is 12.5 Å². The van der Waals surface area contributed by atoms with Crippen molar-refractivity contribution in [2.45, 2.75) is 58.4 Å². The summed E-state index contributed by atoms with van der Waals surface area (Å²) in [4.78, 5) is 29.5. The quantitative estimate of drug-likeness (QED) is 0.799. The van der Waals surface area contributed by atoms with E-state index in [0.29, 0.717) is 18.4 Å². The van der Waals surface area contributed by atoms with Gasteiger partial charge in [-0.05, 0) is 57.6 Å². The topological polar surface area (TPSA) is 45.6 Å². The fraction of sp³-hybridized carbons (Fsp3) is 0.727. The summed E-state index contributed by atoms with van der Waals surface area (Å²) >= 11 is 0. The van der Waals surface area contributed by atoms with Crippen molar-refractivity contribution in [2.24, 2.45) is 11.3 Å². The van der Waals surface area contributed by atoms with Crippen molar-refractivity contribution in [2.75, 3.05) is 32.7 Å². The minimum absolute atomic E-state index is 0.0143. The van der Waals surface area contributed by atoms with E-state index >= 15 is 0 Å². The van der Waals surface area contributed by atoms with Crippen LogP contribution in [-0.2, 0) is 11.3 Å². The number of amides is 1. The number of aromatic nitrogens is 1. The zero-order chi connectivity index (χ0) is 18.9. The Bertz CT molecular complexity index is 739. The van der Waals surface area contributed by atoms with Crippen LogP contribution < -0.4 is 5.56 Å². The van der Waals surface area contributed by atoms with Gasteiger partial charge >= 0.3 is 0 Å². The average Bonchev–Trinajstić information content (AvgIpc) is 3.01. The molecule has 1 amide bonds. The summed E-state index contributed by atoms with van der Waals surface area (Å²) in [5.74, 6) is 1.13. The maximum atomic E-state index is 12.8. The Morgan fingerprint density at radius 3 is 2.74 bits per heavy atom. The molecule has 2 saturated heterocycles. The van der Waals surface area contributed by atoms with E-state index in [1.807, 2.05) is 13.0 Å². The van der Waals surface area contributed by atoms with Gasteiger partial charge in [0.1, 0.15) is 0 Å². The third-order valence-corrected chi connectivity index (χ3v) is 7.09. The highest BCUT2D eigenvalue weighted by atomic mass is 16.2. The molecule has 0 bridgehead atoms. The minimum Gasteiger partial charge on any atom is -0.342 e. The largest absolute Gasteiger partial charge is 0.342 e. The van der Waals surface area contributed by atoms with Gasteiger partial charge in [-0.25, -0.2) is 0 Å². The van der Waals surface area contributed by atoms with Crippen LogP contribution in [0.3, 0.4) is 0 Å². The number of likely N-dealkylation sites (tertiary alicyclic amines) is 2. The first-order valence-electron chi connectivity index (χ1n) is 10.7. The van der Waals surface area contributed by atoms with Crippen molar-refractivity contribution in [1.82, 2.24) is 14.4 Å². The molecule has 2 aliphatic heterocycles. The van der Waals surface area contributed by atoms with Crippen LogP contribution in [0.1, 0.15) is 50.6 Å². The first-order valence-corrected chi connectivity index (χ1v) is 10.7. The highest BCUT2D eigenvalue weighted by Gasteiger charge is 2.43. The number of carbonyl (C=O) groups excluding carboxylic acids is 1. The molecule has 0 unspecified atom stereocenters. The van der Waals surface area contributed by atoms with Crippen molar-refractivity contribution >= 4 is 5.91 Å². The Morgan fingerprint density at radius 2 is 2.00 bits per heavy atom. The van der Waals surface area contributed by atoms with Crippen molar-refractivity contribution in [3.63, 3.8) is 0 Å². The molecule has 1 spiro atoms. The Hall–Kier alpha value is -1.62. The Labute approximate surface area is 162 Å². The second kappa shape index (κ2) is 7.78. The molecular weight excluding hydrogens is 338 g/mol. The second-order valence-corrected chi connectivity index (χ2v) is 9.11. The number of hydrogen-bond acceptors (Lipinski definition) is 3. The number of piperidine rings is 1. The fourth-order valence-electron chi connectivity index (χ4n) is 5.26. The number of carbonyl (C=O) groups is 1. The zero-order valence-corrected chi connectivity index (χ0v) is 16.7. The van der Waals surface area contributed by atoms with Gasteiger partial charge in [-0.15, -0.1) is 0 Å². The van der Waals surface area contributed by atoms with Gasteiger partial charge in [0.15, 0.2) is 0 Å². The summed E-state index contributed by atoms with van der Waals surface area (Å²) in [5.41, 5.74) is 1.23. The lowest BCUT2D eigenvalue weighted by molar-refractivity contribution is -0.131. The van der Waals surface area contributed by atoms with Crippen LogP contribution in [0.4, 0.5) is 0 Å². The number of pyridine rings is 1. The number of rotatable bonds is 5. The number of hydrogen-bond donors (Lipinski definition) is 0. The van der Waals surface area contributed by atoms with Crippen LogP contribution in [0, 0.1) is 18.3 Å². The first kappa shape index (κ1) is 18.7. The van der Waals surface area contributed by atoms with Crippen molar-refractivity contribution in [3.8, 4) is 0 Å². The van der Waals surface area contributed by atoms with Gasteiger partial charge in [-0.2, -0.15) is 0 Å². The number of nitrogens with zero attached hydrogens (tertiary/aromatic N) is 3. The molecule has 1 saturated carbocycles. The van der Waals surface area contributed by atoms with Crippen LogP contribution in [0.2, 0.25) is 0 Å². The highest BCUT2D eigenvalue weighted by molar-refractivity contribution is 5.76. The lowest BCUT2D eigenvalue weighted by Crippen LogP contribution is -2.47. The monoisotopic (exact) mass is 371 g/mol. The molecule has 27 heavy (non-hydrogen) atoms. The molecule has 0 aromatic carbocycles. The van der Waals surface area contributed by atoms with Gasteiger partial charge in [0, 0.05) is 56.3 Å². The summed E-state index contributed by atoms with van der Waals surface area (Å²) in [7, 11) is 0. The number of aryl methyl sites for hydroxylation is 1. The van der Waals surface area contributed by atoms with Gasteiger partial charge in [-0.3, -0.25) is 9.59 Å². The summed E-state index contributed by atoms with van der Waals surface area (Å²) in [6.45, 7) is 7.89. The van der Waals surface area contributed by atoms with E-state index in [4.69, 9.17) is 0 Å². The molecule has 0 N–H and O–H groups in total. The normalized spacial score (nSPS) is 26.5. The molecule has 5 nitrogen and oxygen atoms in total. The van der Waals surface area contributed by atoms with Gasteiger partial charge in [0.05, 0.1) is 0 Å². The smallest absolute Gasteiger partial charge is 0.250 e. The van der Waals surface area contributed by atoms with Crippen molar-refractivity contribution < 1.29 is 4.79 Å². The molecule has 1 aromatic rings. The summed E-state index contributed by atoms with van der Waals surface area (Å²) in [5, 5.41) is 0. The second-order valence-electron chi connectivity index (χ2n) is 9.11. The SMILES string of the molecule is Cc1cccc(=O)n1CCC(=O)N1CC[C@@]2(CCCN(CC3CCC3)C2)C1. The molecule has 0 radical (unpaired) electrons. The summed E-state index contributed by atoms with van der Waals surface area (Å²) in [6.07, 6.45) is 8.33. The van der Waals surface area contributed by atoms with E-state index in [2.05, 4.69) is 9.80 Å². The van der Waals surface area contributed by atoms with E-state index in [1.54, 1.807) is 16.7 Å². The van der Waals surface area contributed by atoms with Gasteiger partial charge in [0.25, 0.3) is 5.56 Å². The average molecular weight is 372 g/mol. The van der Waals surface area contributed by atoms with E-state index in [9.17, 15) is 9.59 Å². The third kappa shape index (κ3) is 4.13. The Morgan fingerprint density at radius 1 is 1.15 bits per heavy atom. The first-order chi connectivity index (χ1) is 13.0. The molecular formula is C22H33N3O2. The predicted molar refractivity (Wildman–Crippen MR) is 107 cm³/mol. The zero-order valence-electron chi connectivity index (χ0n) is 16.7. The third-order valence-electron chi connectivity index (χ3n) is 7.09. The van der Waals surface area contributed by atoms with Crippen LogP contribution in [0.5, 0.6) is 0 Å². The van der Waals surface area contributed by atoms with E-state index in [-0.39, 0.29) is 11.5 Å². The van der Waals surface area contributed by atoms with Gasteiger partial charge < -0.3 is 14.4 Å². The molecule has 4 rings (SSSR count). The van der Waals surface area contributed by atoms with Crippen LogP contribution in [-0.4, -0.2) is 53.0 Å². The molecule has 1 atom stereocenters. The van der Waals surface area contributed by atoms with Crippen molar-refractivity contribution in [3.05, 3.63) is 34.2 Å². The van der Waals surface area contributed by atoms with Crippen molar-refractivity contribution in [1.29, 1.82) is 0 Å². The van der Waals surface area contributed by atoms with Crippen LogP contribution in [0.15, 0.2) is 23.0 Å². The maximum absolute atomic E-state index is 12.8. The van der Waals surface area contributed by atoms with Gasteiger partial charge in [0.2, 0.25) is 5.91 Å². The van der Waals surface area contributed by atoms with E-state index < -0.39 is 0 Å². The van der Waals surface area contributed by atoms with E-state index in [1.165, 1.54) is 51.7 Å². The standard InChI is InChI=1S/C22H33N3O2/c1-18-5-2-8-21(27)25(18)13-9-20(26)24-14-11-22(17-24)10-4-12-23(16-22)15-19-6-3-7-19/h2,5,8,19H,3-4,6-7,9-17H2,1H3/t22-/m1/s1. The predicted octanol–water partition coefficient (Wildman–Crippen LogP) is 2.66. The fourth-order valence-corrected chi connectivity index (χ4v) is 5.26. The highest BCUT2D eigenvalue weighted by Crippen LogP contribution is 2.40. The molecule has 148 valence electrons.